The van der Waals surface area contributed by atoms with Crippen LogP contribution in [0, 0.1) is 0 Å². The first-order valence-corrected chi connectivity index (χ1v) is 7.97. The molecule has 1 atom stereocenters. The standard InChI is InChI=1S/C15H23NO3S/c1-4-16-14(10-20-11-15(17)19-5-2)12-6-8-13(18-3)9-7-12/h6-9,14,16H,4-5,10-11H2,1-3H3. The van der Waals surface area contributed by atoms with Crippen molar-refractivity contribution in [2.24, 2.45) is 0 Å². The van der Waals surface area contributed by atoms with Crippen molar-refractivity contribution in [1.29, 1.82) is 0 Å². The van der Waals surface area contributed by atoms with Crippen molar-refractivity contribution in [3.63, 3.8) is 0 Å². The molecule has 0 saturated heterocycles. The second-order valence-electron chi connectivity index (χ2n) is 4.20. The summed E-state index contributed by atoms with van der Waals surface area (Å²) in [6, 6.07) is 8.24. The van der Waals surface area contributed by atoms with Gasteiger partial charge in [0.25, 0.3) is 0 Å². The first kappa shape index (κ1) is 16.9. The van der Waals surface area contributed by atoms with Crippen LogP contribution < -0.4 is 10.1 Å². The van der Waals surface area contributed by atoms with Gasteiger partial charge in [-0.1, -0.05) is 19.1 Å². The van der Waals surface area contributed by atoms with Crippen LogP contribution in [0.15, 0.2) is 24.3 Å². The summed E-state index contributed by atoms with van der Waals surface area (Å²) < 4.78 is 10.1. The molecule has 20 heavy (non-hydrogen) atoms. The lowest BCUT2D eigenvalue weighted by Crippen LogP contribution is -2.23. The molecule has 4 nitrogen and oxygen atoms in total. The molecule has 0 aliphatic carbocycles. The minimum absolute atomic E-state index is 0.150. The lowest BCUT2D eigenvalue weighted by Gasteiger charge is -2.18. The van der Waals surface area contributed by atoms with E-state index >= 15 is 0 Å². The average molecular weight is 297 g/mol. The smallest absolute Gasteiger partial charge is 0.315 e. The number of benzene rings is 1. The van der Waals surface area contributed by atoms with E-state index in [-0.39, 0.29) is 12.0 Å². The average Bonchev–Trinajstić information content (AvgIpc) is 2.47. The number of thioether (sulfide) groups is 1. The molecule has 0 fully saturated rings. The van der Waals surface area contributed by atoms with Gasteiger partial charge in [-0.3, -0.25) is 4.79 Å². The van der Waals surface area contributed by atoms with E-state index in [0.29, 0.717) is 12.4 Å². The molecule has 5 heteroatoms. The normalized spacial score (nSPS) is 11.9. The predicted octanol–water partition coefficient (Wildman–Crippen LogP) is 2.64. The number of methoxy groups -OCH3 is 1. The lowest BCUT2D eigenvalue weighted by molar-refractivity contribution is -0.139. The number of esters is 1. The van der Waals surface area contributed by atoms with Gasteiger partial charge >= 0.3 is 5.97 Å². The lowest BCUT2D eigenvalue weighted by atomic mass is 10.1. The number of nitrogens with one attached hydrogen (secondary N) is 1. The van der Waals surface area contributed by atoms with Crippen LogP contribution in [0.4, 0.5) is 0 Å². The van der Waals surface area contributed by atoms with Crippen molar-refractivity contribution >= 4 is 17.7 Å². The summed E-state index contributed by atoms with van der Waals surface area (Å²) in [5, 5.41) is 3.43. The molecule has 1 aromatic rings. The van der Waals surface area contributed by atoms with Gasteiger partial charge in [-0.2, -0.15) is 0 Å². The maximum atomic E-state index is 11.3. The van der Waals surface area contributed by atoms with Crippen LogP contribution in [0.5, 0.6) is 5.75 Å². The highest BCUT2D eigenvalue weighted by molar-refractivity contribution is 7.99. The molecule has 1 aromatic carbocycles. The third-order valence-corrected chi connectivity index (χ3v) is 3.79. The highest BCUT2D eigenvalue weighted by Crippen LogP contribution is 2.21. The summed E-state index contributed by atoms with van der Waals surface area (Å²) in [7, 11) is 1.66. The molecule has 0 spiro atoms. The van der Waals surface area contributed by atoms with Gasteiger partial charge in [-0.05, 0) is 31.2 Å². The summed E-state index contributed by atoms with van der Waals surface area (Å²) in [5.74, 6) is 1.93. The van der Waals surface area contributed by atoms with Gasteiger partial charge in [0.05, 0.1) is 19.5 Å². The zero-order chi connectivity index (χ0) is 14.8. The number of hydrogen-bond acceptors (Lipinski definition) is 5. The first-order valence-electron chi connectivity index (χ1n) is 6.81. The Balaban J connectivity index is 2.52. The van der Waals surface area contributed by atoms with Crippen LogP contribution in [-0.2, 0) is 9.53 Å². The van der Waals surface area contributed by atoms with Gasteiger partial charge in [0, 0.05) is 11.8 Å². The van der Waals surface area contributed by atoms with Crippen molar-refractivity contribution in [2.45, 2.75) is 19.9 Å². The zero-order valence-corrected chi connectivity index (χ0v) is 13.2. The molecule has 0 aromatic heterocycles. The maximum absolute atomic E-state index is 11.3. The quantitative estimate of drug-likeness (QED) is 0.710. The number of ether oxygens (including phenoxy) is 2. The molecule has 1 rings (SSSR count). The van der Waals surface area contributed by atoms with Crippen molar-refractivity contribution < 1.29 is 14.3 Å². The van der Waals surface area contributed by atoms with E-state index in [9.17, 15) is 4.79 Å². The Morgan fingerprint density at radius 3 is 2.55 bits per heavy atom. The van der Waals surface area contributed by atoms with Crippen LogP contribution in [0.3, 0.4) is 0 Å². The number of carbonyl (C=O) groups excluding carboxylic acids is 1. The SMILES string of the molecule is CCNC(CSCC(=O)OCC)c1ccc(OC)cc1. The van der Waals surface area contributed by atoms with Gasteiger partial charge in [0.1, 0.15) is 5.75 Å². The van der Waals surface area contributed by atoms with Gasteiger partial charge in [-0.25, -0.2) is 0 Å². The summed E-state index contributed by atoms with van der Waals surface area (Å²) in [6.07, 6.45) is 0. The minimum atomic E-state index is -0.150. The van der Waals surface area contributed by atoms with Crippen LogP contribution in [0.25, 0.3) is 0 Å². The first-order chi connectivity index (χ1) is 9.71. The Morgan fingerprint density at radius 1 is 1.30 bits per heavy atom. The van der Waals surface area contributed by atoms with Crippen molar-refractivity contribution in [3.05, 3.63) is 29.8 Å². The Kier molecular flexibility index (Phi) is 8.14. The molecule has 0 radical (unpaired) electrons. The Hall–Kier alpha value is -1.20. The van der Waals surface area contributed by atoms with Crippen LogP contribution >= 0.6 is 11.8 Å². The molecule has 112 valence electrons. The van der Waals surface area contributed by atoms with Crippen LogP contribution in [0.2, 0.25) is 0 Å². The molecule has 0 bridgehead atoms. The number of carbonyl (C=O) groups is 1. The van der Waals surface area contributed by atoms with Crippen LogP contribution in [0.1, 0.15) is 25.5 Å². The minimum Gasteiger partial charge on any atom is -0.497 e. The topological polar surface area (TPSA) is 47.6 Å². The fourth-order valence-electron chi connectivity index (χ4n) is 1.82. The summed E-state index contributed by atoms with van der Waals surface area (Å²) in [6.45, 7) is 5.22. The van der Waals surface area contributed by atoms with Gasteiger partial charge in [-0.15, -0.1) is 11.8 Å². The second kappa shape index (κ2) is 9.66. The Morgan fingerprint density at radius 2 is 2.00 bits per heavy atom. The molecule has 0 aliphatic heterocycles. The monoisotopic (exact) mass is 297 g/mol. The van der Waals surface area contributed by atoms with E-state index < -0.39 is 0 Å². The molecule has 1 N–H and O–H groups in total. The zero-order valence-electron chi connectivity index (χ0n) is 12.3. The molecular formula is C15H23NO3S. The second-order valence-corrected chi connectivity index (χ2v) is 5.23. The molecule has 0 heterocycles. The fourth-order valence-corrected chi connectivity index (χ4v) is 2.73. The van der Waals surface area contributed by atoms with Crippen LogP contribution in [-0.4, -0.2) is 37.7 Å². The van der Waals surface area contributed by atoms with Gasteiger partial charge in [0.15, 0.2) is 0 Å². The molecular weight excluding hydrogens is 274 g/mol. The van der Waals surface area contributed by atoms with E-state index in [1.54, 1.807) is 18.9 Å². The Bertz CT molecular complexity index is 395. The maximum Gasteiger partial charge on any atom is 0.315 e. The largest absolute Gasteiger partial charge is 0.497 e. The van der Waals surface area contributed by atoms with E-state index in [1.165, 1.54) is 5.56 Å². The molecule has 0 aliphatic rings. The van der Waals surface area contributed by atoms with E-state index in [4.69, 9.17) is 9.47 Å². The third kappa shape index (κ3) is 5.84. The van der Waals surface area contributed by atoms with Gasteiger partial charge in [0.2, 0.25) is 0 Å². The van der Waals surface area contributed by atoms with E-state index in [1.807, 2.05) is 19.1 Å². The number of rotatable bonds is 9. The molecule has 0 amide bonds. The predicted molar refractivity (Wildman–Crippen MR) is 83.4 cm³/mol. The Labute approximate surface area is 125 Å². The van der Waals surface area contributed by atoms with Crippen molar-refractivity contribution in [2.75, 3.05) is 31.8 Å². The summed E-state index contributed by atoms with van der Waals surface area (Å²) in [5.41, 5.74) is 1.20. The summed E-state index contributed by atoms with van der Waals surface area (Å²) >= 11 is 1.59. The number of hydrogen-bond donors (Lipinski definition) is 1. The summed E-state index contributed by atoms with van der Waals surface area (Å²) in [4.78, 5) is 11.3. The highest BCUT2D eigenvalue weighted by Gasteiger charge is 2.12. The van der Waals surface area contributed by atoms with Crippen molar-refractivity contribution in [1.82, 2.24) is 5.32 Å². The molecule has 0 saturated carbocycles. The van der Waals surface area contributed by atoms with Gasteiger partial charge < -0.3 is 14.8 Å². The van der Waals surface area contributed by atoms with Crippen molar-refractivity contribution in [3.8, 4) is 5.75 Å². The van der Waals surface area contributed by atoms with E-state index in [0.717, 1.165) is 18.0 Å². The van der Waals surface area contributed by atoms with E-state index in [2.05, 4.69) is 24.4 Å². The third-order valence-electron chi connectivity index (χ3n) is 2.78. The highest BCUT2D eigenvalue weighted by atomic mass is 32.2. The fraction of sp³-hybridized carbons (Fsp3) is 0.533. The molecule has 1 unspecified atom stereocenters.